The van der Waals surface area contributed by atoms with Crippen molar-refractivity contribution in [2.75, 3.05) is 31.1 Å². The Morgan fingerprint density at radius 1 is 0.875 bits per heavy atom. The summed E-state index contributed by atoms with van der Waals surface area (Å²) in [5.41, 5.74) is 12.3. The summed E-state index contributed by atoms with van der Waals surface area (Å²) < 4.78 is 72.8. The van der Waals surface area contributed by atoms with Crippen LogP contribution in [0, 0.1) is 0 Å². The third-order valence-electron chi connectivity index (χ3n) is 9.68. The van der Waals surface area contributed by atoms with Crippen LogP contribution in [0.2, 0.25) is 0 Å². The van der Waals surface area contributed by atoms with Gasteiger partial charge in [-0.05, 0) is 87.5 Å². The van der Waals surface area contributed by atoms with E-state index in [2.05, 4.69) is 24.8 Å². The summed E-state index contributed by atoms with van der Waals surface area (Å²) in [4.78, 5) is 16.5. The summed E-state index contributed by atoms with van der Waals surface area (Å²) in [7, 11) is -9.23. The van der Waals surface area contributed by atoms with Crippen molar-refractivity contribution < 1.29 is 150 Å². The van der Waals surface area contributed by atoms with Crippen LogP contribution in [0.5, 0.6) is 0 Å². The van der Waals surface area contributed by atoms with Crippen LogP contribution in [-0.2, 0) is 35.9 Å². The van der Waals surface area contributed by atoms with Gasteiger partial charge in [0.25, 0.3) is 0 Å². The molecule has 1 N–H and O–H groups in total. The van der Waals surface area contributed by atoms with Crippen molar-refractivity contribution >= 4 is 43.2 Å². The first kappa shape index (κ1) is 53.1. The van der Waals surface area contributed by atoms with Crippen LogP contribution in [0.15, 0.2) is 99.5 Å². The van der Waals surface area contributed by atoms with Crippen molar-refractivity contribution in [3.63, 3.8) is 0 Å². The SMILES string of the molecule is CCN1/C(=C/C=C/C=C/C=C/C2=[N+](CCCCCC(=O)NCCCN=[N+]=[N-])c3ccc(S(=O)(=O)[O-])cc3C2(C)C)C(C)(C)c2cc(S(=O)(=O)[O-])ccc21.[Cl-].[K+].[K+]. The van der Waals surface area contributed by atoms with Crippen molar-refractivity contribution in [2.45, 2.75) is 87.3 Å². The molecule has 4 rings (SSSR count). The number of likely N-dealkylation sites (N-methyl/N-ethyl adjacent to an activating group) is 1. The van der Waals surface area contributed by atoms with E-state index >= 15 is 0 Å². The number of anilines is 1. The molecule has 0 atom stereocenters. The zero-order valence-corrected chi connectivity index (χ0v) is 41.8. The molecule has 292 valence electrons. The van der Waals surface area contributed by atoms with Gasteiger partial charge in [-0.2, -0.15) is 4.58 Å². The Bertz CT molecular complexity index is 2160. The van der Waals surface area contributed by atoms with Crippen LogP contribution in [0.4, 0.5) is 11.4 Å². The fourth-order valence-electron chi connectivity index (χ4n) is 6.93. The smallest absolute Gasteiger partial charge is 1.00 e. The number of carbonyl (C=O) groups excluding carboxylic acids is 1. The van der Waals surface area contributed by atoms with Gasteiger partial charge in [-0.1, -0.05) is 49.3 Å². The number of halogens is 1. The number of unbranched alkanes of at least 4 members (excludes halogenated alkanes) is 2. The second kappa shape index (κ2) is 23.1. The van der Waals surface area contributed by atoms with Crippen molar-refractivity contribution in [3.05, 3.63) is 106 Å². The Hall–Kier alpha value is -0.967. The molecule has 2 aliphatic rings. The largest absolute Gasteiger partial charge is 1.00 e. The van der Waals surface area contributed by atoms with Crippen molar-refractivity contribution in [2.24, 2.45) is 5.11 Å². The van der Waals surface area contributed by atoms with E-state index in [0.29, 0.717) is 45.4 Å². The molecule has 0 aliphatic carbocycles. The fraction of sp³-hybridized carbons (Fsp3) is 0.421. The summed E-state index contributed by atoms with van der Waals surface area (Å²) in [6.45, 7) is 12.1. The van der Waals surface area contributed by atoms with E-state index in [0.717, 1.165) is 46.8 Å². The molecule has 0 fully saturated rings. The molecular weight excluding hydrogens is 830 g/mol. The molecule has 2 aliphatic heterocycles. The quantitative estimate of drug-likeness (QED) is 0.0266. The van der Waals surface area contributed by atoms with E-state index < -0.39 is 31.1 Å². The molecule has 1 amide bonds. The summed E-state index contributed by atoms with van der Waals surface area (Å²) in [5.74, 6) is -0.0519. The third-order valence-corrected chi connectivity index (χ3v) is 11.3. The summed E-state index contributed by atoms with van der Waals surface area (Å²) in [6.07, 6.45) is 16.6. The molecule has 0 radical (unpaired) electrons. The van der Waals surface area contributed by atoms with Gasteiger partial charge in [0.15, 0.2) is 5.71 Å². The summed E-state index contributed by atoms with van der Waals surface area (Å²) >= 11 is 0. The standard InChI is InChI=1S/C38H48N6O7S2.ClH.2K/c1-6-43-32-21-19-28(52(46,47)48)26-30(32)37(2,3)34(43)16-11-8-7-9-12-17-35-38(4,5)31-27-29(53(49,50)51)20-22-33(31)44(35)25-14-10-13-18-36(45)40-23-15-24-41-42-39;;;/h7-9,11-12,16-17,19-22,26-27H,6,10,13-15,18,23-25H2,1-5H3,(H2-,40,45,46,47,48,49,50,51);1H;;/q;;2*+1/p-2. The number of benzene rings is 2. The number of azide groups is 1. The van der Waals surface area contributed by atoms with E-state index in [1.165, 1.54) is 24.3 Å². The maximum absolute atomic E-state index is 12.2. The number of rotatable bonds is 17. The average Bonchev–Trinajstić information content (AvgIpc) is 3.44. The van der Waals surface area contributed by atoms with Crippen LogP contribution >= 0.6 is 0 Å². The van der Waals surface area contributed by atoms with E-state index in [1.807, 2.05) is 77.2 Å². The first-order valence-electron chi connectivity index (χ1n) is 17.6. The van der Waals surface area contributed by atoms with Crippen LogP contribution < -0.4 is 125 Å². The number of hydrogen-bond acceptors (Lipinski definition) is 9. The first-order chi connectivity index (χ1) is 24.9. The number of nitrogens with zero attached hydrogens (tertiary/aromatic N) is 5. The fourth-order valence-corrected chi connectivity index (χ4v) is 7.92. The Morgan fingerprint density at radius 2 is 1.48 bits per heavy atom. The van der Waals surface area contributed by atoms with Crippen LogP contribution in [-0.4, -0.2) is 68.3 Å². The maximum Gasteiger partial charge on any atom is 1.00 e. The number of allylic oxidation sites excluding steroid dienone is 8. The van der Waals surface area contributed by atoms with Gasteiger partial charge in [0.2, 0.25) is 11.6 Å². The van der Waals surface area contributed by atoms with Gasteiger partial charge >= 0.3 is 103 Å². The van der Waals surface area contributed by atoms with Gasteiger partial charge in [-0.25, -0.2) is 16.8 Å². The van der Waals surface area contributed by atoms with Crippen LogP contribution in [0.3, 0.4) is 0 Å². The number of amides is 1. The predicted molar refractivity (Wildman–Crippen MR) is 203 cm³/mol. The molecule has 0 unspecified atom stereocenters. The molecule has 0 bridgehead atoms. The second-order valence-electron chi connectivity index (χ2n) is 13.9. The molecule has 18 heteroatoms. The van der Waals surface area contributed by atoms with Gasteiger partial charge < -0.3 is 31.7 Å². The van der Waals surface area contributed by atoms with Crippen LogP contribution in [0.25, 0.3) is 10.4 Å². The monoisotopic (exact) mass is 876 g/mol. The predicted octanol–water partition coefficient (Wildman–Crippen LogP) is -2.37. The van der Waals surface area contributed by atoms with Gasteiger partial charge in [0.05, 0.1) is 15.2 Å². The average molecular weight is 878 g/mol. The normalized spacial score (nSPS) is 16.3. The van der Waals surface area contributed by atoms with Crippen molar-refractivity contribution in [3.8, 4) is 0 Å². The summed E-state index contributed by atoms with van der Waals surface area (Å²) in [6, 6.07) is 9.00. The Labute approximate surface area is 422 Å². The molecule has 0 spiro atoms. The van der Waals surface area contributed by atoms with Gasteiger partial charge in [-0.3, -0.25) is 4.79 Å². The summed E-state index contributed by atoms with van der Waals surface area (Å²) in [5, 5.41) is 6.29. The minimum absolute atomic E-state index is 0. The maximum atomic E-state index is 12.2. The van der Waals surface area contributed by atoms with Gasteiger partial charge in [0.1, 0.15) is 26.8 Å². The number of hydrogen-bond donors (Lipinski definition) is 1. The minimum Gasteiger partial charge on any atom is -1.00 e. The third kappa shape index (κ3) is 13.3. The molecule has 2 aromatic carbocycles. The first-order valence-corrected chi connectivity index (χ1v) is 20.4. The Morgan fingerprint density at radius 3 is 2.11 bits per heavy atom. The molecule has 13 nitrogen and oxygen atoms in total. The topological polar surface area (TPSA) is 199 Å². The Balaban J connectivity index is 0.00000523. The van der Waals surface area contributed by atoms with Crippen molar-refractivity contribution in [1.29, 1.82) is 0 Å². The molecule has 56 heavy (non-hydrogen) atoms. The number of nitrogens with one attached hydrogen (secondary N) is 1. The van der Waals surface area contributed by atoms with E-state index in [1.54, 1.807) is 12.1 Å². The second-order valence-corrected chi connectivity index (χ2v) is 16.7. The van der Waals surface area contributed by atoms with Gasteiger partial charge in [-0.15, -0.1) is 0 Å². The van der Waals surface area contributed by atoms with E-state index in [9.17, 15) is 30.7 Å². The van der Waals surface area contributed by atoms with E-state index in [-0.39, 0.29) is 131 Å². The van der Waals surface area contributed by atoms with Gasteiger partial charge in [0, 0.05) is 71.9 Å². The molecule has 0 saturated heterocycles. The molecular formula is C38H47ClK2N6O7S2. The zero-order valence-electron chi connectivity index (χ0n) is 33.2. The molecule has 2 heterocycles. The van der Waals surface area contributed by atoms with Crippen molar-refractivity contribution in [1.82, 2.24) is 5.32 Å². The number of fused-ring (bicyclic) bond motifs is 2. The van der Waals surface area contributed by atoms with E-state index in [4.69, 9.17) is 5.53 Å². The van der Waals surface area contributed by atoms with Crippen LogP contribution in [0.1, 0.15) is 77.8 Å². The zero-order chi connectivity index (χ0) is 39.0. The molecule has 0 aromatic heterocycles. The number of carbonyl (C=O) groups is 1. The molecule has 2 aromatic rings. The molecule has 0 saturated carbocycles. The minimum atomic E-state index is -4.64. The Kier molecular flexibility index (Phi) is 21.9.